The highest BCUT2D eigenvalue weighted by Gasteiger charge is 2.11. The average Bonchev–Trinajstić information content (AvgIpc) is 2.21. The van der Waals surface area contributed by atoms with Crippen LogP contribution in [0.3, 0.4) is 0 Å². The zero-order valence-electron chi connectivity index (χ0n) is 7.03. The van der Waals surface area contributed by atoms with Crippen molar-refractivity contribution in [2.75, 3.05) is 18.0 Å². The van der Waals surface area contributed by atoms with Crippen molar-refractivity contribution < 1.29 is 0 Å². The molecule has 0 amide bonds. The lowest BCUT2D eigenvalue weighted by Gasteiger charge is -2.26. The van der Waals surface area contributed by atoms with Crippen LogP contribution in [-0.4, -0.2) is 23.1 Å². The van der Waals surface area contributed by atoms with E-state index in [1.54, 1.807) is 12.4 Å². The molecule has 1 saturated heterocycles. The smallest absolute Gasteiger partial charge is 0.225 e. The molecule has 2 rings (SSSR count). The summed E-state index contributed by atoms with van der Waals surface area (Å²) in [6.45, 7) is 2.20. The quantitative estimate of drug-likeness (QED) is 0.622. The fraction of sp³-hybridized carbons (Fsp3) is 0.556. The van der Waals surface area contributed by atoms with Crippen molar-refractivity contribution >= 4 is 5.95 Å². The first-order valence-corrected chi connectivity index (χ1v) is 4.40. The standard InChI is InChI=1S/C9H12N3/c1-2-7-12(8-3-1)9-10-5-4-6-11-9/h5-6H,1-3,7-8H2. The van der Waals surface area contributed by atoms with E-state index >= 15 is 0 Å². The highest BCUT2D eigenvalue weighted by atomic mass is 15.2. The Balaban J connectivity index is 2.08. The van der Waals surface area contributed by atoms with E-state index in [0.717, 1.165) is 19.0 Å². The van der Waals surface area contributed by atoms with Crippen LogP contribution >= 0.6 is 0 Å². The molecule has 1 aromatic rings. The van der Waals surface area contributed by atoms with Gasteiger partial charge in [0.25, 0.3) is 0 Å². The van der Waals surface area contributed by atoms with Crippen LogP contribution in [0.2, 0.25) is 0 Å². The van der Waals surface area contributed by atoms with Gasteiger partial charge in [0.15, 0.2) is 0 Å². The molecule has 0 N–H and O–H groups in total. The Bertz CT molecular complexity index is 229. The summed E-state index contributed by atoms with van der Waals surface area (Å²) in [5, 5.41) is 0. The van der Waals surface area contributed by atoms with Gasteiger partial charge in [-0.05, 0) is 19.3 Å². The third-order valence-electron chi connectivity index (χ3n) is 2.15. The lowest BCUT2D eigenvalue weighted by Crippen LogP contribution is -2.30. The molecule has 0 spiro atoms. The van der Waals surface area contributed by atoms with Gasteiger partial charge in [-0.1, -0.05) is 0 Å². The molecule has 0 aliphatic carbocycles. The molecule has 1 aliphatic rings. The SMILES string of the molecule is [c]1cnc(N2CCCCC2)nc1. The number of hydrogen-bond acceptors (Lipinski definition) is 3. The molecule has 3 heteroatoms. The monoisotopic (exact) mass is 162 g/mol. The van der Waals surface area contributed by atoms with E-state index < -0.39 is 0 Å². The predicted octanol–water partition coefficient (Wildman–Crippen LogP) is 1.27. The number of nitrogens with zero attached hydrogens (tertiary/aromatic N) is 3. The zero-order valence-corrected chi connectivity index (χ0v) is 7.03. The van der Waals surface area contributed by atoms with Crippen molar-refractivity contribution in [3.63, 3.8) is 0 Å². The van der Waals surface area contributed by atoms with Crippen LogP contribution in [0.1, 0.15) is 19.3 Å². The van der Waals surface area contributed by atoms with Gasteiger partial charge >= 0.3 is 0 Å². The van der Waals surface area contributed by atoms with E-state index in [2.05, 4.69) is 20.9 Å². The molecule has 12 heavy (non-hydrogen) atoms. The highest BCUT2D eigenvalue weighted by molar-refractivity contribution is 5.28. The van der Waals surface area contributed by atoms with Crippen LogP contribution < -0.4 is 4.90 Å². The van der Waals surface area contributed by atoms with Gasteiger partial charge in [0.2, 0.25) is 5.95 Å². The third kappa shape index (κ3) is 1.55. The lowest BCUT2D eigenvalue weighted by atomic mass is 10.1. The average molecular weight is 162 g/mol. The fourth-order valence-electron chi connectivity index (χ4n) is 1.51. The summed E-state index contributed by atoms with van der Waals surface area (Å²) >= 11 is 0. The zero-order chi connectivity index (χ0) is 8.23. The van der Waals surface area contributed by atoms with Crippen LogP contribution in [-0.2, 0) is 0 Å². The number of piperidine rings is 1. The van der Waals surface area contributed by atoms with Crippen molar-refractivity contribution in [3.8, 4) is 0 Å². The topological polar surface area (TPSA) is 29.0 Å². The molecule has 1 fully saturated rings. The van der Waals surface area contributed by atoms with Gasteiger partial charge < -0.3 is 4.90 Å². The third-order valence-corrected chi connectivity index (χ3v) is 2.15. The molecular formula is C9H12N3. The molecule has 1 aliphatic heterocycles. The minimum Gasteiger partial charge on any atom is -0.341 e. The first kappa shape index (κ1) is 7.53. The molecule has 0 unspecified atom stereocenters. The van der Waals surface area contributed by atoms with E-state index in [1.165, 1.54) is 19.3 Å². The van der Waals surface area contributed by atoms with Gasteiger partial charge in [-0.15, -0.1) is 0 Å². The van der Waals surface area contributed by atoms with Gasteiger partial charge in [-0.25, -0.2) is 9.97 Å². The van der Waals surface area contributed by atoms with Gasteiger partial charge in [0.1, 0.15) is 0 Å². The molecule has 2 heterocycles. The van der Waals surface area contributed by atoms with Gasteiger partial charge in [0.05, 0.1) is 0 Å². The maximum atomic E-state index is 4.16. The maximum Gasteiger partial charge on any atom is 0.225 e. The maximum absolute atomic E-state index is 4.16. The number of hydrogen-bond donors (Lipinski definition) is 0. The first-order chi connectivity index (χ1) is 5.97. The van der Waals surface area contributed by atoms with Crippen molar-refractivity contribution in [1.82, 2.24) is 9.97 Å². The van der Waals surface area contributed by atoms with Gasteiger partial charge in [0, 0.05) is 31.5 Å². The summed E-state index contributed by atoms with van der Waals surface area (Å²) in [4.78, 5) is 10.6. The second-order valence-corrected chi connectivity index (χ2v) is 3.03. The lowest BCUT2D eigenvalue weighted by molar-refractivity contribution is 0.568. The fourth-order valence-corrected chi connectivity index (χ4v) is 1.51. The summed E-state index contributed by atoms with van der Waals surface area (Å²) in [6, 6.07) is 2.82. The summed E-state index contributed by atoms with van der Waals surface area (Å²) in [5.41, 5.74) is 0. The van der Waals surface area contributed by atoms with Crippen LogP contribution in [0.15, 0.2) is 12.4 Å². The molecule has 0 saturated carbocycles. The van der Waals surface area contributed by atoms with Crippen LogP contribution in [0, 0.1) is 6.07 Å². The van der Waals surface area contributed by atoms with Crippen LogP contribution in [0.25, 0.3) is 0 Å². The minimum atomic E-state index is 0.855. The summed E-state index contributed by atoms with van der Waals surface area (Å²) in [6.07, 6.45) is 7.23. The second-order valence-electron chi connectivity index (χ2n) is 3.03. The van der Waals surface area contributed by atoms with E-state index in [4.69, 9.17) is 0 Å². The van der Waals surface area contributed by atoms with E-state index in [9.17, 15) is 0 Å². The molecular weight excluding hydrogens is 150 g/mol. The van der Waals surface area contributed by atoms with Crippen molar-refractivity contribution in [3.05, 3.63) is 18.5 Å². The summed E-state index contributed by atoms with van der Waals surface area (Å²) < 4.78 is 0. The Labute approximate surface area is 72.4 Å². The normalized spacial score (nSPS) is 17.8. The van der Waals surface area contributed by atoms with Crippen LogP contribution in [0.4, 0.5) is 5.95 Å². The Kier molecular flexibility index (Phi) is 2.21. The summed E-state index contributed by atoms with van der Waals surface area (Å²) in [7, 11) is 0. The second kappa shape index (κ2) is 3.52. The van der Waals surface area contributed by atoms with Crippen molar-refractivity contribution in [1.29, 1.82) is 0 Å². The van der Waals surface area contributed by atoms with Crippen molar-refractivity contribution in [2.24, 2.45) is 0 Å². The molecule has 1 radical (unpaired) electrons. The predicted molar refractivity (Wildman–Crippen MR) is 46.9 cm³/mol. The number of rotatable bonds is 1. The van der Waals surface area contributed by atoms with Crippen LogP contribution in [0.5, 0.6) is 0 Å². The Hall–Kier alpha value is -1.12. The number of aromatic nitrogens is 2. The first-order valence-electron chi connectivity index (χ1n) is 4.40. The van der Waals surface area contributed by atoms with E-state index in [0.29, 0.717) is 0 Å². The largest absolute Gasteiger partial charge is 0.341 e. The molecule has 0 atom stereocenters. The Morgan fingerprint density at radius 3 is 2.42 bits per heavy atom. The highest BCUT2D eigenvalue weighted by Crippen LogP contribution is 2.13. The molecule has 0 bridgehead atoms. The van der Waals surface area contributed by atoms with E-state index in [-0.39, 0.29) is 0 Å². The molecule has 0 aromatic carbocycles. The Morgan fingerprint density at radius 1 is 1.08 bits per heavy atom. The Morgan fingerprint density at radius 2 is 1.75 bits per heavy atom. The molecule has 63 valence electrons. The van der Waals surface area contributed by atoms with E-state index in [1.807, 2.05) is 0 Å². The minimum absolute atomic E-state index is 0.855. The van der Waals surface area contributed by atoms with Gasteiger partial charge in [-0.3, -0.25) is 0 Å². The molecule has 1 aromatic heterocycles. The summed E-state index contributed by atoms with van der Waals surface area (Å²) in [5.74, 6) is 0.855. The van der Waals surface area contributed by atoms with Crippen molar-refractivity contribution in [2.45, 2.75) is 19.3 Å². The molecule has 3 nitrogen and oxygen atoms in total. The van der Waals surface area contributed by atoms with Gasteiger partial charge in [-0.2, -0.15) is 0 Å². The number of anilines is 1.